The summed E-state index contributed by atoms with van der Waals surface area (Å²) in [5, 5.41) is 0. The first-order valence-electron chi connectivity index (χ1n) is 13.2. The number of para-hydroxylation sites is 1. The summed E-state index contributed by atoms with van der Waals surface area (Å²) in [6, 6.07) is 8.90. The Morgan fingerprint density at radius 3 is 1.71 bits per heavy atom. The van der Waals surface area contributed by atoms with Crippen LogP contribution < -0.4 is 10.6 Å². The van der Waals surface area contributed by atoms with Crippen LogP contribution >= 0.6 is 0 Å². The van der Waals surface area contributed by atoms with Crippen molar-refractivity contribution in [2.24, 2.45) is 22.5 Å². The third kappa shape index (κ3) is 8.79. The molecule has 0 radical (unpaired) electrons. The summed E-state index contributed by atoms with van der Waals surface area (Å²) in [6.45, 7) is 22.5. The molecule has 0 atom stereocenters. The topological polar surface area (TPSA) is 29.3 Å². The van der Waals surface area contributed by atoms with Crippen LogP contribution in [0.15, 0.2) is 24.3 Å². The number of hydrogen-bond donors (Lipinski definition) is 1. The van der Waals surface area contributed by atoms with Gasteiger partial charge in [0, 0.05) is 24.3 Å². The second-order valence-corrected chi connectivity index (χ2v) is 11.4. The molecule has 1 aromatic rings. The molecule has 2 heteroatoms. The molecule has 2 aliphatic carbocycles. The Kier molecular flexibility index (Phi) is 11.1. The predicted molar refractivity (Wildman–Crippen MR) is 141 cm³/mol. The molecule has 0 unspecified atom stereocenters. The second-order valence-electron chi connectivity index (χ2n) is 11.4. The maximum absolute atomic E-state index is 7.14. The van der Waals surface area contributed by atoms with Gasteiger partial charge < -0.3 is 10.6 Å². The van der Waals surface area contributed by atoms with Crippen molar-refractivity contribution in [3.8, 4) is 0 Å². The Morgan fingerprint density at radius 1 is 0.839 bits per heavy atom. The van der Waals surface area contributed by atoms with Gasteiger partial charge in [-0.25, -0.2) is 0 Å². The molecule has 0 aliphatic heterocycles. The number of nitrogens with two attached hydrogens (primary N) is 1. The van der Waals surface area contributed by atoms with Crippen LogP contribution in [0.2, 0.25) is 0 Å². The predicted octanol–water partition coefficient (Wildman–Crippen LogP) is 8.54. The second kappa shape index (κ2) is 12.3. The SMILES string of the molecule is CC.CCC1CC1.CCCN(CCC)c1ccccc1C1(N)CC(C)(C)CC(C)(C)C1. The maximum atomic E-state index is 7.14. The molecule has 31 heavy (non-hydrogen) atoms. The van der Waals surface area contributed by atoms with Crippen LogP contribution in [0, 0.1) is 16.7 Å². The number of rotatable bonds is 7. The molecule has 0 aromatic heterocycles. The molecule has 2 fully saturated rings. The van der Waals surface area contributed by atoms with Crippen LogP contribution in [-0.2, 0) is 5.54 Å². The molecule has 2 saturated carbocycles. The fourth-order valence-electron chi connectivity index (χ4n) is 5.97. The summed E-state index contributed by atoms with van der Waals surface area (Å²) >= 11 is 0. The highest BCUT2D eigenvalue weighted by atomic mass is 15.1. The lowest BCUT2D eigenvalue weighted by molar-refractivity contribution is 0.0472. The Labute approximate surface area is 195 Å². The van der Waals surface area contributed by atoms with E-state index in [1.54, 1.807) is 0 Å². The standard InChI is InChI=1S/C22H38N2.C5H10.C2H6/c1-7-13-24(14-8-2)19-12-10-9-11-18(19)22(23)16-20(3,4)15-21(5,6)17-22;1-2-5-3-4-5;1-2/h9-12H,7-8,13-17,23H2,1-6H3;5H,2-4H2,1H3;1-2H3. The summed E-state index contributed by atoms with van der Waals surface area (Å²) in [7, 11) is 0. The van der Waals surface area contributed by atoms with Gasteiger partial charge in [0.1, 0.15) is 0 Å². The number of benzene rings is 1. The van der Waals surface area contributed by atoms with Crippen molar-refractivity contribution in [2.75, 3.05) is 18.0 Å². The minimum atomic E-state index is -0.235. The van der Waals surface area contributed by atoms with Gasteiger partial charge in [-0.15, -0.1) is 0 Å². The van der Waals surface area contributed by atoms with Gasteiger partial charge in [0.05, 0.1) is 0 Å². The number of hydrogen-bond acceptors (Lipinski definition) is 2. The number of anilines is 1. The molecule has 0 bridgehead atoms. The molecule has 2 aliphatic rings. The summed E-state index contributed by atoms with van der Waals surface area (Å²) < 4.78 is 0. The normalized spacial score (nSPS) is 20.6. The fraction of sp³-hybridized carbons (Fsp3) is 0.793. The summed E-state index contributed by atoms with van der Waals surface area (Å²) in [5.41, 5.74) is 10.2. The van der Waals surface area contributed by atoms with E-state index >= 15 is 0 Å². The average Bonchev–Trinajstić information content (AvgIpc) is 3.52. The van der Waals surface area contributed by atoms with Crippen LogP contribution in [0.4, 0.5) is 5.69 Å². The van der Waals surface area contributed by atoms with E-state index in [1.807, 2.05) is 13.8 Å². The molecular formula is C29H54N2. The number of nitrogens with zero attached hydrogens (tertiary/aromatic N) is 1. The molecule has 0 spiro atoms. The summed E-state index contributed by atoms with van der Waals surface area (Å²) in [4.78, 5) is 2.54. The third-order valence-electron chi connectivity index (χ3n) is 6.59. The highest BCUT2D eigenvalue weighted by Crippen LogP contribution is 2.54. The van der Waals surface area contributed by atoms with Crippen molar-refractivity contribution in [2.45, 2.75) is 119 Å². The molecule has 2 nitrogen and oxygen atoms in total. The van der Waals surface area contributed by atoms with E-state index in [1.165, 1.54) is 49.8 Å². The van der Waals surface area contributed by atoms with E-state index in [0.717, 1.165) is 31.8 Å². The van der Waals surface area contributed by atoms with Crippen LogP contribution in [0.25, 0.3) is 0 Å². The maximum Gasteiger partial charge on any atom is 0.0440 e. The molecular weight excluding hydrogens is 376 g/mol. The summed E-state index contributed by atoms with van der Waals surface area (Å²) in [5.74, 6) is 1.13. The average molecular weight is 431 g/mol. The van der Waals surface area contributed by atoms with Crippen molar-refractivity contribution in [3.63, 3.8) is 0 Å². The quantitative estimate of drug-likeness (QED) is 0.469. The zero-order valence-electron chi connectivity index (χ0n) is 22.5. The largest absolute Gasteiger partial charge is 0.371 e. The fourth-order valence-corrected chi connectivity index (χ4v) is 5.97. The molecule has 180 valence electrons. The van der Waals surface area contributed by atoms with Crippen molar-refractivity contribution in [1.29, 1.82) is 0 Å². The zero-order valence-corrected chi connectivity index (χ0v) is 22.5. The third-order valence-corrected chi connectivity index (χ3v) is 6.59. The Morgan fingerprint density at radius 2 is 1.32 bits per heavy atom. The van der Waals surface area contributed by atoms with E-state index < -0.39 is 0 Å². The molecule has 2 N–H and O–H groups in total. The van der Waals surface area contributed by atoms with Gasteiger partial charge >= 0.3 is 0 Å². The first kappa shape index (κ1) is 28.0. The summed E-state index contributed by atoms with van der Waals surface area (Å²) in [6.07, 6.45) is 10.1. The minimum absolute atomic E-state index is 0.235. The lowest BCUT2D eigenvalue weighted by atomic mass is 9.57. The van der Waals surface area contributed by atoms with E-state index in [-0.39, 0.29) is 16.4 Å². The molecule has 0 saturated heterocycles. The van der Waals surface area contributed by atoms with Gasteiger partial charge in [-0.2, -0.15) is 0 Å². The molecule has 3 rings (SSSR count). The van der Waals surface area contributed by atoms with Crippen LogP contribution in [0.1, 0.15) is 119 Å². The van der Waals surface area contributed by atoms with Crippen LogP contribution in [0.3, 0.4) is 0 Å². The van der Waals surface area contributed by atoms with Gasteiger partial charge in [-0.1, -0.05) is 99.8 Å². The van der Waals surface area contributed by atoms with Gasteiger partial charge in [-0.3, -0.25) is 0 Å². The van der Waals surface area contributed by atoms with Gasteiger partial charge in [0.2, 0.25) is 0 Å². The van der Waals surface area contributed by atoms with Crippen molar-refractivity contribution in [3.05, 3.63) is 29.8 Å². The van der Waals surface area contributed by atoms with Gasteiger partial charge in [0.15, 0.2) is 0 Å². The first-order chi connectivity index (χ1) is 14.6. The molecule has 0 heterocycles. The highest BCUT2D eigenvalue weighted by Gasteiger charge is 2.47. The smallest absolute Gasteiger partial charge is 0.0440 e. The monoisotopic (exact) mass is 430 g/mol. The van der Waals surface area contributed by atoms with Crippen molar-refractivity contribution < 1.29 is 0 Å². The van der Waals surface area contributed by atoms with Crippen molar-refractivity contribution in [1.82, 2.24) is 0 Å². The first-order valence-corrected chi connectivity index (χ1v) is 13.2. The minimum Gasteiger partial charge on any atom is -0.371 e. The molecule has 0 amide bonds. The van der Waals surface area contributed by atoms with Gasteiger partial charge in [-0.05, 0) is 60.5 Å². The van der Waals surface area contributed by atoms with Gasteiger partial charge in [0.25, 0.3) is 0 Å². The van der Waals surface area contributed by atoms with E-state index in [4.69, 9.17) is 5.73 Å². The van der Waals surface area contributed by atoms with E-state index in [0.29, 0.717) is 0 Å². The van der Waals surface area contributed by atoms with E-state index in [2.05, 4.69) is 77.6 Å². The Balaban J connectivity index is 0.000000589. The lowest BCUT2D eigenvalue weighted by Gasteiger charge is -2.51. The Hall–Kier alpha value is -1.02. The highest BCUT2D eigenvalue weighted by molar-refractivity contribution is 5.57. The zero-order chi connectivity index (χ0) is 23.7. The van der Waals surface area contributed by atoms with Crippen molar-refractivity contribution >= 4 is 5.69 Å². The molecule has 1 aromatic carbocycles. The Bertz CT molecular complexity index is 605. The van der Waals surface area contributed by atoms with Crippen LogP contribution in [0.5, 0.6) is 0 Å². The van der Waals surface area contributed by atoms with E-state index in [9.17, 15) is 0 Å². The van der Waals surface area contributed by atoms with Crippen LogP contribution in [-0.4, -0.2) is 13.1 Å². The lowest BCUT2D eigenvalue weighted by Crippen LogP contribution is -2.50.